The summed E-state index contributed by atoms with van der Waals surface area (Å²) in [6, 6.07) is 0. The zero-order valence-corrected chi connectivity index (χ0v) is 14.5. The molecule has 0 aliphatic rings. The zero-order valence-electron chi connectivity index (χ0n) is 13.7. The molecule has 0 unspecified atom stereocenters. The standard InChI is InChI=1S/C14H30N2O4S/c1-13(2)9-7-5-6-8-11-15-21(18,19)16(3)12-10-14(17)20-4/h13,15H,5-12H2,1-4H3. The van der Waals surface area contributed by atoms with Gasteiger partial charge < -0.3 is 4.74 Å². The Morgan fingerprint density at radius 2 is 1.81 bits per heavy atom. The van der Waals surface area contributed by atoms with E-state index < -0.39 is 16.2 Å². The second-order valence-corrected chi connectivity index (χ2v) is 7.51. The summed E-state index contributed by atoms with van der Waals surface area (Å²) in [6.07, 6.45) is 5.48. The van der Waals surface area contributed by atoms with Gasteiger partial charge in [-0.1, -0.05) is 39.5 Å². The summed E-state index contributed by atoms with van der Waals surface area (Å²) in [6.45, 7) is 4.97. The van der Waals surface area contributed by atoms with Gasteiger partial charge in [0.2, 0.25) is 0 Å². The molecule has 0 rings (SSSR count). The molecule has 0 aromatic carbocycles. The van der Waals surface area contributed by atoms with Crippen LogP contribution in [0.4, 0.5) is 0 Å². The summed E-state index contributed by atoms with van der Waals surface area (Å²) in [7, 11) is -0.756. The van der Waals surface area contributed by atoms with Crippen LogP contribution in [0.2, 0.25) is 0 Å². The van der Waals surface area contributed by atoms with Crippen molar-refractivity contribution in [2.75, 3.05) is 27.2 Å². The Morgan fingerprint density at radius 1 is 1.19 bits per heavy atom. The maximum absolute atomic E-state index is 11.9. The van der Waals surface area contributed by atoms with Crippen LogP contribution in [0.15, 0.2) is 0 Å². The number of unbranched alkanes of at least 4 members (excludes halogenated alkanes) is 3. The maximum Gasteiger partial charge on any atom is 0.306 e. The van der Waals surface area contributed by atoms with Crippen LogP contribution >= 0.6 is 0 Å². The van der Waals surface area contributed by atoms with Gasteiger partial charge in [-0.25, -0.2) is 4.72 Å². The fourth-order valence-corrected chi connectivity index (χ4v) is 2.77. The van der Waals surface area contributed by atoms with Crippen LogP contribution < -0.4 is 4.72 Å². The molecular weight excluding hydrogens is 292 g/mol. The number of carbonyl (C=O) groups excluding carboxylic acids is 1. The van der Waals surface area contributed by atoms with E-state index in [9.17, 15) is 13.2 Å². The molecule has 7 heteroatoms. The van der Waals surface area contributed by atoms with E-state index in [0.717, 1.165) is 29.5 Å². The van der Waals surface area contributed by atoms with Crippen molar-refractivity contribution in [2.24, 2.45) is 5.92 Å². The van der Waals surface area contributed by atoms with Gasteiger partial charge in [-0.3, -0.25) is 4.79 Å². The molecule has 0 radical (unpaired) electrons. The Bertz CT molecular complexity index is 382. The van der Waals surface area contributed by atoms with Crippen LogP contribution in [0, 0.1) is 5.92 Å². The quantitative estimate of drug-likeness (QED) is 0.440. The van der Waals surface area contributed by atoms with Crippen molar-refractivity contribution in [1.82, 2.24) is 9.03 Å². The molecule has 0 aromatic heterocycles. The van der Waals surface area contributed by atoms with E-state index in [4.69, 9.17) is 0 Å². The van der Waals surface area contributed by atoms with Gasteiger partial charge in [-0.2, -0.15) is 12.7 Å². The van der Waals surface area contributed by atoms with Crippen LogP contribution in [-0.4, -0.2) is 45.9 Å². The van der Waals surface area contributed by atoms with Crippen LogP contribution in [0.5, 0.6) is 0 Å². The van der Waals surface area contributed by atoms with Gasteiger partial charge in [0.15, 0.2) is 0 Å². The number of nitrogens with one attached hydrogen (secondary N) is 1. The van der Waals surface area contributed by atoms with Crippen molar-refractivity contribution in [3.63, 3.8) is 0 Å². The first-order valence-electron chi connectivity index (χ1n) is 7.57. The number of ether oxygens (including phenoxy) is 1. The van der Waals surface area contributed by atoms with Gasteiger partial charge in [0.1, 0.15) is 0 Å². The van der Waals surface area contributed by atoms with Gasteiger partial charge in [0, 0.05) is 20.1 Å². The van der Waals surface area contributed by atoms with E-state index in [1.165, 1.54) is 27.0 Å². The van der Waals surface area contributed by atoms with Crippen molar-refractivity contribution in [1.29, 1.82) is 0 Å². The zero-order chi connectivity index (χ0) is 16.3. The normalized spacial score (nSPS) is 12.1. The first-order chi connectivity index (χ1) is 9.79. The number of nitrogens with zero attached hydrogens (tertiary/aromatic N) is 1. The lowest BCUT2D eigenvalue weighted by molar-refractivity contribution is -0.140. The number of esters is 1. The number of carbonyl (C=O) groups is 1. The smallest absolute Gasteiger partial charge is 0.306 e. The molecule has 21 heavy (non-hydrogen) atoms. The third kappa shape index (κ3) is 10.7. The van der Waals surface area contributed by atoms with E-state index in [2.05, 4.69) is 23.3 Å². The molecule has 0 fully saturated rings. The van der Waals surface area contributed by atoms with E-state index in [-0.39, 0.29) is 13.0 Å². The maximum atomic E-state index is 11.9. The molecule has 0 aromatic rings. The molecule has 0 saturated heterocycles. The summed E-state index contributed by atoms with van der Waals surface area (Å²) >= 11 is 0. The van der Waals surface area contributed by atoms with Crippen LogP contribution in [-0.2, 0) is 19.7 Å². The molecule has 0 aliphatic heterocycles. The minimum absolute atomic E-state index is 0.0586. The minimum atomic E-state index is -3.49. The van der Waals surface area contributed by atoms with Gasteiger partial charge in [-0.15, -0.1) is 0 Å². The second kappa shape index (κ2) is 11.0. The molecule has 0 spiro atoms. The number of hydrogen-bond acceptors (Lipinski definition) is 4. The third-order valence-corrected chi connectivity index (χ3v) is 4.83. The summed E-state index contributed by atoms with van der Waals surface area (Å²) < 4.78 is 31.9. The molecule has 6 nitrogen and oxygen atoms in total. The van der Waals surface area contributed by atoms with Crippen molar-refractivity contribution < 1.29 is 17.9 Å². The summed E-state index contributed by atoms with van der Waals surface area (Å²) in [5.41, 5.74) is 0. The van der Waals surface area contributed by atoms with E-state index in [1.54, 1.807) is 0 Å². The number of methoxy groups -OCH3 is 1. The van der Waals surface area contributed by atoms with Gasteiger partial charge in [0.05, 0.1) is 13.5 Å². The lowest BCUT2D eigenvalue weighted by Gasteiger charge is -2.17. The number of rotatable bonds is 12. The molecule has 1 N–H and O–H groups in total. The van der Waals surface area contributed by atoms with E-state index in [0.29, 0.717) is 6.54 Å². The fraction of sp³-hybridized carbons (Fsp3) is 0.929. The van der Waals surface area contributed by atoms with Gasteiger partial charge in [0.25, 0.3) is 10.2 Å². The van der Waals surface area contributed by atoms with Crippen molar-refractivity contribution >= 4 is 16.2 Å². The van der Waals surface area contributed by atoms with Gasteiger partial charge >= 0.3 is 5.97 Å². The predicted octanol–water partition coefficient (Wildman–Crippen LogP) is 1.92. The average molecular weight is 322 g/mol. The Hall–Kier alpha value is -0.660. The van der Waals surface area contributed by atoms with Gasteiger partial charge in [-0.05, 0) is 12.3 Å². The highest BCUT2D eigenvalue weighted by molar-refractivity contribution is 7.87. The Labute approximate surface area is 129 Å². The van der Waals surface area contributed by atoms with Crippen LogP contribution in [0.25, 0.3) is 0 Å². The average Bonchev–Trinajstić information content (AvgIpc) is 2.42. The first kappa shape index (κ1) is 20.3. The molecule has 0 heterocycles. The lowest BCUT2D eigenvalue weighted by Crippen LogP contribution is -2.39. The second-order valence-electron chi connectivity index (χ2n) is 5.64. The highest BCUT2D eigenvalue weighted by atomic mass is 32.2. The molecular formula is C14H30N2O4S. The molecule has 0 saturated carbocycles. The van der Waals surface area contributed by atoms with Crippen molar-refractivity contribution in [2.45, 2.75) is 52.4 Å². The highest BCUT2D eigenvalue weighted by Gasteiger charge is 2.17. The van der Waals surface area contributed by atoms with E-state index in [1.807, 2.05) is 0 Å². The van der Waals surface area contributed by atoms with Crippen molar-refractivity contribution in [3.05, 3.63) is 0 Å². The predicted molar refractivity (Wildman–Crippen MR) is 84.1 cm³/mol. The Kier molecular flexibility index (Phi) is 10.6. The van der Waals surface area contributed by atoms with E-state index >= 15 is 0 Å². The molecule has 126 valence electrons. The SMILES string of the molecule is COC(=O)CCN(C)S(=O)(=O)NCCCCCCC(C)C. The minimum Gasteiger partial charge on any atom is -0.469 e. The summed E-state index contributed by atoms with van der Waals surface area (Å²) in [5.74, 6) is 0.314. The molecule has 0 amide bonds. The van der Waals surface area contributed by atoms with Crippen molar-refractivity contribution in [3.8, 4) is 0 Å². The lowest BCUT2D eigenvalue weighted by atomic mass is 10.0. The summed E-state index contributed by atoms with van der Waals surface area (Å²) in [4.78, 5) is 11.0. The number of hydrogen-bond donors (Lipinski definition) is 1. The monoisotopic (exact) mass is 322 g/mol. The summed E-state index contributed by atoms with van der Waals surface area (Å²) in [5, 5.41) is 0. The Morgan fingerprint density at radius 3 is 2.38 bits per heavy atom. The highest BCUT2D eigenvalue weighted by Crippen LogP contribution is 2.09. The van der Waals surface area contributed by atoms with Crippen LogP contribution in [0.3, 0.4) is 0 Å². The fourth-order valence-electron chi connectivity index (χ4n) is 1.81. The first-order valence-corrected chi connectivity index (χ1v) is 9.01. The molecule has 0 atom stereocenters. The molecule has 0 aliphatic carbocycles. The topological polar surface area (TPSA) is 75.7 Å². The third-order valence-electron chi connectivity index (χ3n) is 3.26. The Balaban J connectivity index is 3.79. The molecule has 0 bridgehead atoms. The van der Waals surface area contributed by atoms with Crippen LogP contribution in [0.1, 0.15) is 52.4 Å². The largest absolute Gasteiger partial charge is 0.469 e.